The minimum Gasteiger partial charge on any atom is -0.448 e. The standard InChI is InChI=1S/C10H9BrN2O2S/c1-6(14)5-16-10-4-7(12-13-10)8-2-3-9(11)15-8/h2-4H,5H2,1H3,(H,12,13). The molecule has 0 fully saturated rings. The zero-order valence-electron chi connectivity index (χ0n) is 8.49. The molecule has 16 heavy (non-hydrogen) atoms. The Balaban J connectivity index is 2.10. The number of furan rings is 1. The molecule has 0 aliphatic carbocycles. The highest BCUT2D eigenvalue weighted by atomic mass is 79.9. The maximum Gasteiger partial charge on any atom is 0.169 e. The summed E-state index contributed by atoms with van der Waals surface area (Å²) in [7, 11) is 0. The SMILES string of the molecule is CC(=O)CSc1cc(-c2ccc(Br)o2)[nH]n1. The van der Waals surface area contributed by atoms with Crippen molar-refractivity contribution in [3.05, 3.63) is 22.9 Å². The van der Waals surface area contributed by atoms with E-state index in [0.29, 0.717) is 16.2 Å². The van der Waals surface area contributed by atoms with E-state index < -0.39 is 0 Å². The van der Waals surface area contributed by atoms with Crippen LogP contribution in [0.15, 0.2) is 32.3 Å². The van der Waals surface area contributed by atoms with Crippen molar-refractivity contribution < 1.29 is 9.21 Å². The summed E-state index contributed by atoms with van der Waals surface area (Å²) in [6, 6.07) is 5.52. The van der Waals surface area contributed by atoms with Gasteiger partial charge in [-0.2, -0.15) is 5.10 Å². The summed E-state index contributed by atoms with van der Waals surface area (Å²) in [4.78, 5) is 10.8. The van der Waals surface area contributed by atoms with Gasteiger partial charge in [-0.15, -0.1) is 0 Å². The maximum atomic E-state index is 10.8. The number of halogens is 1. The molecule has 0 bridgehead atoms. The van der Waals surface area contributed by atoms with Gasteiger partial charge in [-0.1, -0.05) is 11.8 Å². The number of hydrogen-bond donors (Lipinski definition) is 1. The van der Waals surface area contributed by atoms with Crippen LogP contribution in [0.25, 0.3) is 11.5 Å². The first-order valence-electron chi connectivity index (χ1n) is 4.58. The molecule has 0 unspecified atom stereocenters. The van der Waals surface area contributed by atoms with Gasteiger partial charge in [-0.25, -0.2) is 0 Å². The Kier molecular flexibility index (Phi) is 3.50. The summed E-state index contributed by atoms with van der Waals surface area (Å²) in [6.07, 6.45) is 0. The van der Waals surface area contributed by atoms with Crippen molar-refractivity contribution in [2.45, 2.75) is 11.9 Å². The second-order valence-electron chi connectivity index (χ2n) is 3.21. The Labute approximate surface area is 105 Å². The molecule has 0 amide bonds. The van der Waals surface area contributed by atoms with Crippen LogP contribution in [0.4, 0.5) is 0 Å². The van der Waals surface area contributed by atoms with Crippen molar-refractivity contribution in [3.8, 4) is 11.5 Å². The number of hydrogen-bond acceptors (Lipinski definition) is 4. The summed E-state index contributed by atoms with van der Waals surface area (Å²) in [5, 5.41) is 7.74. The highest BCUT2D eigenvalue weighted by molar-refractivity contribution is 9.10. The molecule has 0 atom stereocenters. The zero-order chi connectivity index (χ0) is 11.5. The summed E-state index contributed by atoms with van der Waals surface area (Å²) in [5.74, 6) is 1.29. The largest absolute Gasteiger partial charge is 0.448 e. The van der Waals surface area contributed by atoms with Crippen LogP contribution in [-0.2, 0) is 4.79 Å². The fraction of sp³-hybridized carbons (Fsp3) is 0.200. The third kappa shape index (κ3) is 2.76. The van der Waals surface area contributed by atoms with Crippen LogP contribution in [0, 0.1) is 0 Å². The van der Waals surface area contributed by atoms with Gasteiger partial charge < -0.3 is 4.42 Å². The van der Waals surface area contributed by atoms with E-state index in [2.05, 4.69) is 26.1 Å². The number of nitrogens with zero attached hydrogens (tertiary/aromatic N) is 1. The van der Waals surface area contributed by atoms with Gasteiger partial charge in [0.1, 0.15) is 16.5 Å². The van der Waals surface area contributed by atoms with Crippen molar-refractivity contribution in [2.75, 3.05) is 5.75 Å². The van der Waals surface area contributed by atoms with E-state index in [4.69, 9.17) is 4.42 Å². The quantitative estimate of drug-likeness (QED) is 0.882. The van der Waals surface area contributed by atoms with Crippen molar-refractivity contribution in [1.29, 1.82) is 0 Å². The summed E-state index contributed by atoms with van der Waals surface area (Å²) in [6.45, 7) is 1.56. The van der Waals surface area contributed by atoms with Gasteiger partial charge in [0.2, 0.25) is 0 Å². The van der Waals surface area contributed by atoms with Gasteiger partial charge in [-0.3, -0.25) is 9.89 Å². The number of rotatable bonds is 4. The number of carbonyl (C=O) groups excluding carboxylic acids is 1. The molecule has 4 nitrogen and oxygen atoms in total. The van der Waals surface area contributed by atoms with E-state index in [-0.39, 0.29) is 5.78 Å². The predicted molar refractivity (Wildman–Crippen MR) is 65.4 cm³/mol. The maximum absolute atomic E-state index is 10.8. The molecular formula is C10H9BrN2O2S. The molecule has 0 aliphatic heterocycles. The van der Waals surface area contributed by atoms with Gasteiger partial charge in [0.05, 0.1) is 5.75 Å². The van der Waals surface area contributed by atoms with Crippen LogP contribution in [0.2, 0.25) is 0 Å². The normalized spacial score (nSPS) is 10.6. The van der Waals surface area contributed by atoms with E-state index in [1.54, 1.807) is 6.92 Å². The molecule has 2 aromatic rings. The average Bonchev–Trinajstić information content (AvgIpc) is 2.83. The Morgan fingerprint density at radius 3 is 3.06 bits per heavy atom. The number of H-pyrrole nitrogens is 1. The van der Waals surface area contributed by atoms with Crippen molar-refractivity contribution in [3.63, 3.8) is 0 Å². The molecule has 0 aromatic carbocycles. The second-order valence-corrected chi connectivity index (χ2v) is 4.99. The predicted octanol–water partition coefficient (Wildman–Crippen LogP) is 3.11. The molecule has 0 saturated heterocycles. The van der Waals surface area contributed by atoms with Crippen LogP contribution in [0.5, 0.6) is 0 Å². The highest BCUT2D eigenvalue weighted by Gasteiger charge is 2.08. The third-order valence-electron chi connectivity index (χ3n) is 1.82. The molecule has 2 rings (SSSR count). The van der Waals surface area contributed by atoms with Gasteiger partial charge in [0.15, 0.2) is 10.4 Å². The molecule has 2 aromatic heterocycles. The lowest BCUT2D eigenvalue weighted by atomic mass is 10.3. The number of nitrogens with one attached hydrogen (secondary N) is 1. The van der Waals surface area contributed by atoms with Crippen LogP contribution in [-0.4, -0.2) is 21.7 Å². The lowest BCUT2D eigenvalue weighted by molar-refractivity contribution is -0.114. The number of carbonyl (C=O) groups is 1. The number of ketones is 1. The molecule has 0 radical (unpaired) electrons. The average molecular weight is 301 g/mol. The first-order chi connectivity index (χ1) is 7.65. The lowest BCUT2D eigenvalue weighted by Crippen LogP contribution is -1.92. The zero-order valence-corrected chi connectivity index (χ0v) is 10.9. The van der Waals surface area contributed by atoms with Crippen molar-refractivity contribution in [1.82, 2.24) is 10.2 Å². The highest BCUT2D eigenvalue weighted by Crippen LogP contribution is 2.26. The van der Waals surface area contributed by atoms with Crippen molar-refractivity contribution >= 4 is 33.5 Å². The Morgan fingerprint density at radius 1 is 1.62 bits per heavy atom. The van der Waals surface area contributed by atoms with E-state index in [1.165, 1.54) is 11.8 Å². The molecule has 6 heteroatoms. The number of thioether (sulfide) groups is 1. The molecule has 1 N–H and O–H groups in total. The Bertz CT molecular complexity index is 506. The van der Waals surface area contributed by atoms with Gasteiger partial charge in [0, 0.05) is 6.07 Å². The van der Waals surface area contributed by atoms with Gasteiger partial charge in [-0.05, 0) is 35.0 Å². The van der Waals surface area contributed by atoms with E-state index in [0.717, 1.165) is 10.7 Å². The summed E-state index contributed by atoms with van der Waals surface area (Å²) in [5.41, 5.74) is 0.803. The van der Waals surface area contributed by atoms with Crippen LogP contribution in [0.1, 0.15) is 6.92 Å². The topological polar surface area (TPSA) is 58.9 Å². The Morgan fingerprint density at radius 2 is 2.44 bits per heavy atom. The fourth-order valence-corrected chi connectivity index (χ4v) is 2.11. The summed E-state index contributed by atoms with van der Waals surface area (Å²) < 4.78 is 6.05. The minimum atomic E-state index is 0.135. The first kappa shape index (κ1) is 11.5. The number of aromatic nitrogens is 2. The second kappa shape index (κ2) is 4.88. The van der Waals surface area contributed by atoms with Crippen molar-refractivity contribution in [2.24, 2.45) is 0 Å². The van der Waals surface area contributed by atoms with Crippen LogP contribution >= 0.6 is 27.7 Å². The number of Topliss-reactive ketones (excluding diaryl/α,β-unsaturated/α-hetero) is 1. The minimum absolute atomic E-state index is 0.135. The molecule has 0 spiro atoms. The van der Waals surface area contributed by atoms with Crippen LogP contribution < -0.4 is 0 Å². The molecular weight excluding hydrogens is 292 g/mol. The van der Waals surface area contributed by atoms with E-state index in [1.807, 2.05) is 18.2 Å². The molecule has 84 valence electrons. The monoisotopic (exact) mass is 300 g/mol. The Hall–Kier alpha value is -1.01. The van der Waals surface area contributed by atoms with E-state index in [9.17, 15) is 4.79 Å². The molecule has 2 heterocycles. The van der Waals surface area contributed by atoms with Gasteiger partial charge in [0.25, 0.3) is 0 Å². The molecule has 0 aliphatic rings. The number of aromatic amines is 1. The summed E-state index contributed by atoms with van der Waals surface area (Å²) >= 11 is 4.64. The lowest BCUT2D eigenvalue weighted by Gasteiger charge is -1.90. The fourth-order valence-electron chi connectivity index (χ4n) is 1.14. The van der Waals surface area contributed by atoms with E-state index >= 15 is 0 Å². The van der Waals surface area contributed by atoms with Gasteiger partial charge >= 0.3 is 0 Å². The third-order valence-corrected chi connectivity index (χ3v) is 3.30. The molecule has 0 saturated carbocycles. The first-order valence-corrected chi connectivity index (χ1v) is 6.36. The smallest absolute Gasteiger partial charge is 0.169 e. The van der Waals surface area contributed by atoms with Crippen LogP contribution in [0.3, 0.4) is 0 Å².